The summed E-state index contributed by atoms with van der Waals surface area (Å²) >= 11 is 0. The van der Waals surface area contributed by atoms with Crippen molar-refractivity contribution >= 4 is 17.3 Å². The van der Waals surface area contributed by atoms with Gasteiger partial charge in [-0.2, -0.15) is 0 Å². The molecule has 1 amide bonds. The third kappa shape index (κ3) is 3.92. The first kappa shape index (κ1) is 17.9. The van der Waals surface area contributed by atoms with Crippen molar-refractivity contribution in [1.82, 2.24) is 4.98 Å². The van der Waals surface area contributed by atoms with E-state index in [9.17, 15) is 9.90 Å². The molecule has 0 aliphatic carbocycles. The number of hydrogen-bond donors (Lipinski definition) is 2. The summed E-state index contributed by atoms with van der Waals surface area (Å²) in [4.78, 5) is 21.8. The van der Waals surface area contributed by atoms with E-state index in [1.54, 1.807) is 36.7 Å². The van der Waals surface area contributed by atoms with E-state index in [2.05, 4.69) is 15.5 Å². The predicted octanol–water partition coefficient (Wildman–Crippen LogP) is 3.30. The van der Waals surface area contributed by atoms with Crippen LogP contribution in [0.3, 0.4) is 0 Å². The molecule has 1 aromatic heterocycles. The monoisotopic (exact) mass is 373 g/mol. The van der Waals surface area contributed by atoms with E-state index in [0.717, 1.165) is 16.7 Å². The van der Waals surface area contributed by atoms with Crippen molar-refractivity contribution in [2.24, 2.45) is 5.16 Å². The molecule has 2 atom stereocenters. The molecule has 0 radical (unpaired) electrons. The SMILES string of the molecule is O=C(Nc1ccc(C(O)c2ccccc2)cc1)C1CC(c2cccnc2)=NO1. The minimum atomic E-state index is -0.709. The summed E-state index contributed by atoms with van der Waals surface area (Å²) in [6.45, 7) is 0. The van der Waals surface area contributed by atoms with Crippen molar-refractivity contribution in [1.29, 1.82) is 0 Å². The first-order valence-electron chi connectivity index (χ1n) is 8.97. The minimum Gasteiger partial charge on any atom is -0.384 e. The zero-order chi connectivity index (χ0) is 19.3. The molecule has 2 N–H and O–H groups in total. The van der Waals surface area contributed by atoms with E-state index < -0.39 is 12.2 Å². The van der Waals surface area contributed by atoms with E-state index >= 15 is 0 Å². The Labute approximate surface area is 162 Å². The maximum Gasteiger partial charge on any atom is 0.268 e. The number of nitrogens with one attached hydrogen (secondary N) is 1. The summed E-state index contributed by atoms with van der Waals surface area (Å²) in [6, 6.07) is 20.2. The molecule has 140 valence electrons. The molecular weight excluding hydrogens is 354 g/mol. The Morgan fingerprint density at radius 1 is 1.04 bits per heavy atom. The van der Waals surface area contributed by atoms with Gasteiger partial charge in [0.1, 0.15) is 6.10 Å². The van der Waals surface area contributed by atoms with E-state index in [1.807, 2.05) is 42.5 Å². The maximum atomic E-state index is 12.5. The largest absolute Gasteiger partial charge is 0.384 e. The number of pyridine rings is 1. The first-order valence-corrected chi connectivity index (χ1v) is 8.97. The molecule has 2 unspecified atom stereocenters. The normalized spacial score (nSPS) is 16.8. The highest BCUT2D eigenvalue weighted by Gasteiger charge is 2.29. The lowest BCUT2D eigenvalue weighted by atomic mass is 10.0. The molecule has 0 saturated heterocycles. The number of aliphatic hydroxyl groups excluding tert-OH is 1. The van der Waals surface area contributed by atoms with Gasteiger partial charge in [0.05, 0.1) is 5.71 Å². The van der Waals surface area contributed by atoms with Gasteiger partial charge in [0.2, 0.25) is 6.10 Å². The number of anilines is 1. The lowest BCUT2D eigenvalue weighted by molar-refractivity contribution is -0.125. The second-order valence-electron chi connectivity index (χ2n) is 6.50. The Morgan fingerprint density at radius 2 is 1.79 bits per heavy atom. The molecule has 0 saturated carbocycles. The third-order valence-corrected chi connectivity index (χ3v) is 4.57. The molecule has 0 bridgehead atoms. The lowest BCUT2D eigenvalue weighted by Crippen LogP contribution is -2.28. The van der Waals surface area contributed by atoms with Crippen molar-refractivity contribution in [3.8, 4) is 0 Å². The fourth-order valence-electron chi connectivity index (χ4n) is 3.02. The van der Waals surface area contributed by atoms with E-state index in [1.165, 1.54) is 0 Å². The van der Waals surface area contributed by atoms with Gasteiger partial charge in [0.15, 0.2) is 0 Å². The Balaban J connectivity index is 1.37. The number of amides is 1. The van der Waals surface area contributed by atoms with Gasteiger partial charge in [-0.1, -0.05) is 47.6 Å². The van der Waals surface area contributed by atoms with E-state index in [0.29, 0.717) is 17.8 Å². The zero-order valence-corrected chi connectivity index (χ0v) is 15.0. The van der Waals surface area contributed by atoms with Crippen LogP contribution in [-0.4, -0.2) is 27.8 Å². The standard InChI is InChI=1S/C22H19N3O3/c26-21(15-5-2-1-3-6-15)16-8-10-18(11-9-16)24-22(27)20-13-19(25-28-20)17-7-4-12-23-14-17/h1-12,14,20-21,26H,13H2,(H,24,27). The van der Waals surface area contributed by atoms with Crippen LogP contribution in [0.15, 0.2) is 84.3 Å². The number of oxime groups is 1. The van der Waals surface area contributed by atoms with Gasteiger partial charge in [-0.3, -0.25) is 9.78 Å². The summed E-state index contributed by atoms with van der Waals surface area (Å²) in [5.41, 5.74) is 3.75. The van der Waals surface area contributed by atoms with Crippen LogP contribution in [0.1, 0.15) is 29.2 Å². The number of hydrogen-bond acceptors (Lipinski definition) is 5. The van der Waals surface area contributed by atoms with E-state index in [4.69, 9.17) is 4.84 Å². The fraction of sp³-hybridized carbons (Fsp3) is 0.136. The summed E-state index contributed by atoms with van der Waals surface area (Å²) in [5, 5.41) is 17.3. The van der Waals surface area contributed by atoms with Crippen LogP contribution in [0.4, 0.5) is 5.69 Å². The number of rotatable bonds is 5. The molecule has 3 aromatic rings. The molecule has 28 heavy (non-hydrogen) atoms. The topological polar surface area (TPSA) is 83.8 Å². The molecule has 4 rings (SSSR count). The quantitative estimate of drug-likeness (QED) is 0.719. The van der Waals surface area contributed by atoms with Gasteiger partial charge in [0, 0.05) is 30.1 Å². The highest BCUT2D eigenvalue weighted by Crippen LogP contribution is 2.24. The maximum absolute atomic E-state index is 12.5. The zero-order valence-electron chi connectivity index (χ0n) is 15.0. The van der Waals surface area contributed by atoms with Crippen molar-refractivity contribution in [3.63, 3.8) is 0 Å². The van der Waals surface area contributed by atoms with Crippen LogP contribution in [-0.2, 0) is 9.63 Å². The van der Waals surface area contributed by atoms with Crippen LogP contribution >= 0.6 is 0 Å². The Hall–Kier alpha value is -3.51. The Kier molecular flexibility index (Phi) is 5.12. The van der Waals surface area contributed by atoms with Crippen molar-refractivity contribution in [3.05, 3.63) is 95.8 Å². The predicted molar refractivity (Wildman–Crippen MR) is 106 cm³/mol. The summed E-state index contributed by atoms with van der Waals surface area (Å²) < 4.78 is 0. The third-order valence-electron chi connectivity index (χ3n) is 4.57. The van der Waals surface area contributed by atoms with Crippen LogP contribution in [0.25, 0.3) is 0 Å². The van der Waals surface area contributed by atoms with Gasteiger partial charge < -0.3 is 15.3 Å². The van der Waals surface area contributed by atoms with Gasteiger partial charge in [0.25, 0.3) is 5.91 Å². The number of carbonyl (C=O) groups excluding carboxylic acids is 1. The molecule has 0 spiro atoms. The average Bonchev–Trinajstić information content (AvgIpc) is 3.26. The van der Waals surface area contributed by atoms with Gasteiger partial charge >= 0.3 is 0 Å². The highest BCUT2D eigenvalue weighted by atomic mass is 16.6. The highest BCUT2D eigenvalue weighted by molar-refractivity contribution is 6.05. The number of aromatic nitrogens is 1. The van der Waals surface area contributed by atoms with Crippen LogP contribution in [0.5, 0.6) is 0 Å². The summed E-state index contributed by atoms with van der Waals surface area (Å²) in [5.74, 6) is -0.265. The molecule has 2 aromatic carbocycles. The van der Waals surface area contributed by atoms with Crippen molar-refractivity contribution in [2.75, 3.05) is 5.32 Å². The van der Waals surface area contributed by atoms with Gasteiger partial charge in [-0.05, 0) is 35.4 Å². The molecule has 6 nitrogen and oxygen atoms in total. The van der Waals surface area contributed by atoms with Crippen LogP contribution in [0, 0.1) is 0 Å². The number of benzene rings is 2. The average molecular weight is 373 g/mol. The number of nitrogens with zero attached hydrogens (tertiary/aromatic N) is 2. The molecular formula is C22H19N3O3. The second-order valence-corrected chi connectivity index (χ2v) is 6.50. The molecule has 1 aliphatic heterocycles. The molecule has 0 fully saturated rings. The van der Waals surface area contributed by atoms with Crippen molar-refractivity contribution < 1.29 is 14.7 Å². The van der Waals surface area contributed by atoms with Gasteiger partial charge in [-0.25, -0.2) is 0 Å². The number of aliphatic hydroxyl groups is 1. The molecule has 2 heterocycles. The first-order chi connectivity index (χ1) is 13.7. The van der Waals surface area contributed by atoms with Crippen LogP contribution in [0.2, 0.25) is 0 Å². The van der Waals surface area contributed by atoms with Gasteiger partial charge in [-0.15, -0.1) is 0 Å². The number of carbonyl (C=O) groups is 1. The minimum absolute atomic E-state index is 0.265. The summed E-state index contributed by atoms with van der Waals surface area (Å²) in [7, 11) is 0. The molecule has 6 heteroatoms. The van der Waals surface area contributed by atoms with E-state index in [-0.39, 0.29) is 5.91 Å². The lowest BCUT2D eigenvalue weighted by Gasteiger charge is -2.13. The molecule has 1 aliphatic rings. The Morgan fingerprint density at radius 3 is 2.50 bits per heavy atom. The second kappa shape index (κ2) is 8.02. The fourth-order valence-corrected chi connectivity index (χ4v) is 3.02. The Bertz CT molecular complexity index is 973. The van der Waals surface area contributed by atoms with Crippen molar-refractivity contribution in [2.45, 2.75) is 18.6 Å². The van der Waals surface area contributed by atoms with Crippen LogP contribution < -0.4 is 5.32 Å². The summed E-state index contributed by atoms with van der Waals surface area (Å²) in [6.07, 6.45) is 2.38. The smallest absolute Gasteiger partial charge is 0.268 e.